The van der Waals surface area contributed by atoms with Crippen molar-refractivity contribution in [3.05, 3.63) is 7.11 Å². The van der Waals surface area contributed by atoms with Crippen LogP contribution >= 0.6 is 0 Å². The Balaban J connectivity index is 0. The molecule has 0 bridgehead atoms. The second-order valence-electron chi connectivity index (χ2n) is 0.272. The van der Waals surface area contributed by atoms with E-state index in [1.807, 2.05) is 0 Å². The van der Waals surface area contributed by atoms with Gasteiger partial charge in [0.1, 0.15) is 0 Å². The van der Waals surface area contributed by atoms with Gasteiger partial charge in [0.05, 0.1) is 0 Å². The zero-order valence-electron chi connectivity index (χ0n) is 2.72. The summed E-state index contributed by atoms with van der Waals surface area (Å²) in [7, 11) is 3.31. The SMILES string of the molecule is [CH2-]O[B]O.[Y]. The molecule has 0 saturated heterocycles. The Hall–Kier alpha value is 1.09. The molecule has 5 heavy (non-hydrogen) atoms. The van der Waals surface area contributed by atoms with Gasteiger partial charge in [-0.25, -0.2) is 7.11 Å². The van der Waals surface area contributed by atoms with Gasteiger partial charge in [0.25, 0.3) is 0 Å². The quantitative estimate of drug-likeness (QED) is 0.393. The van der Waals surface area contributed by atoms with Crippen LogP contribution in [0.4, 0.5) is 0 Å². The molecule has 0 rings (SSSR count). The van der Waals surface area contributed by atoms with Crippen LogP contribution in [0.25, 0.3) is 0 Å². The first kappa shape index (κ1) is 9.43. The molecule has 0 aromatic heterocycles. The van der Waals surface area contributed by atoms with Crippen molar-refractivity contribution >= 4 is 7.69 Å². The van der Waals surface area contributed by atoms with Crippen molar-refractivity contribution in [1.29, 1.82) is 0 Å². The molecule has 0 fully saturated rings. The number of hydrogen-bond donors (Lipinski definition) is 1. The second-order valence-corrected chi connectivity index (χ2v) is 0.272. The summed E-state index contributed by atoms with van der Waals surface area (Å²) in [5, 5.41) is 7.47. The van der Waals surface area contributed by atoms with Gasteiger partial charge in [-0.3, -0.25) is 0 Å². The van der Waals surface area contributed by atoms with Crippen molar-refractivity contribution < 1.29 is 42.4 Å². The largest absolute Gasteiger partial charge is 0.595 e. The van der Waals surface area contributed by atoms with Crippen LogP contribution in [0.3, 0.4) is 0 Å². The van der Waals surface area contributed by atoms with E-state index in [2.05, 4.69) is 11.8 Å². The molecule has 4 heteroatoms. The maximum atomic E-state index is 7.47. The smallest absolute Gasteiger partial charge is 0.450 e. The van der Waals surface area contributed by atoms with E-state index in [-0.39, 0.29) is 32.7 Å². The molecule has 0 unspecified atom stereocenters. The fraction of sp³-hybridized carbons (Fsp3) is 0. The monoisotopic (exact) mass is 147 g/mol. The molecule has 0 aliphatic carbocycles. The van der Waals surface area contributed by atoms with Crippen LogP contribution in [-0.4, -0.2) is 12.7 Å². The molecule has 0 aliphatic rings. The molecule has 0 atom stereocenters. The van der Waals surface area contributed by atoms with Crippen LogP contribution in [0.1, 0.15) is 0 Å². The first-order chi connectivity index (χ1) is 1.91. The second kappa shape index (κ2) is 8.92. The summed E-state index contributed by atoms with van der Waals surface area (Å²) in [5.41, 5.74) is 0. The van der Waals surface area contributed by atoms with Crippen molar-refractivity contribution in [2.45, 2.75) is 0 Å². The van der Waals surface area contributed by atoms with Crippen molar-refractivity contribution in [3.63, 3.8) is 0 Å². The summed E-state index contributed by atoms with van der Waals surface area (Å²) in [5.74, 6) is 0. The zero-order chi connectivity index (χ0) is 3.41. The molecule has 0 saturated carbocycles. The Morgan fingerprint density at radius 2 is 2.00 bits per heavy atom. The van der Waals surface area contributed by atoms with Crippen LogP contribution in [0, 0.1) is 7.11 Å². The minimum Gasteiger partial charge on any atom is -0.595 e. The van der Waals surface area contributed by atoms with E-state index < -0.39 is 0 Å². The van der Waals surface area contributed by atoms with Gasteiger partial charge in [0.2, 0.25) is 0 Å². The molecule has 0 spiro atoms. The van der Waals surface area contributed by atoms with E-state index in [0.717, 1.165) is 0 Å². The van der Waals surface area contributed by atoms with E-state index in [1.165, 1.54) is 0 Å². The Kier molecular flexibility index (Phi) is 16.8. The summed E-state index contributed by atoms with van der Waals surface area (Å²) in [4.78, 5) is 0. The molecule has 0 aliphatic heterocycles. The molecular formula is CH3BO2Y-. The van der Waals surface area contributed by atoms with E-state index in [9.17, 15) is 0 Å². The van der Waals surface area contributed by atoms with Crippen molar-refractivity contribution in [3.8, 4) is 0 Å². The first-order valence-electron chi connectivity index (χ1n) is 0.783. The minimum atomic E-state index is 0. The molecule has 0 aromatic carbocycles. The van der Waals surface area contributed by atoms with E-state index in [1.54, 1.807) is 0 Å². The minimum absolute atomic E-state index is 0. The molecule has 1 N–H and O–H groups in total. The molecule has 0 amide bonds. The van der Waals surface area contributed by atoms with Crippen molar-refractivity contribution in [2.75, 3.05) is 0 Å². The Morgan fingerprint density at radius 3 is 2.00 bits per heavy atom. The van der Waals surface area contributed by atoms with Gasteiger partial charge >= 0.3 is 7.69 Å². The van der Waals surface area contributed by atoms with Gasteiger partial charge in [0, 0.05) is 32.7 Å². The predicted octanol–water partition coefficient (Wildman–Crippen LogP) is -0.681. The third-order valence-corrected chi connectivity index (χ3v) is 0.0745. The standard InChI is InChI=1S/CH3BO2.Y/c1-4-2-3;/h3H,1H2;/q-1;. The van der Waals surface area contributed by atoms with Crippen molar-refractivity contribution in [2.24, 2.45) is 0 Å². The summed E-state index contributed by atoms with van der Waals surface area (Å²) in [6.07, 6.45) is 0. The summed E-state index contributed by atoms with van der Waals surface area (Å²) in [6.45, 7) is 0. The van der Waals surface area contributed by atoms with Gasteiger partial charge in [-0.05, 0) is 0 Å². The molecule has 2 nitrogen and oxygen atoms in total. The number of hydrogen-bond acceptors (Lipinski definition) is 2. The van der Waals surface area contributed by atoms with Crippen molar-refractivity contribution in [1.82, 2.24) is 0 Å². The van der Waals surface area contributed by atoms with Crippen LogP contribution in [-0.2, 0) is 37.4 Å². The van der Waals surface area contributed by atoms with E-state index >= 15 is 0 Å². The zero-order valence-corrected chi connectivity index (χ0v) is 5.56. The van der Waals surface area contributed by atoms with Gasteiger partial charge in [0.15, 0.2) is 0 Å². The average molecular weight is 147 g/mol. The van der Waals surface area contributed by atoms with Gasteiger partial charge in [-0.2, -0.15) is 0 Å². The van der Waals surface area contributed by atoms with Gasteiger partial charge < -0.3 is 9.68 Å². The van der Waals surface area contributed by atoms with Crippen LogP contribution < -0.4 is 0 Å². The maximum Gasteiger partial charge on any atom is 0.450 e. The Labute approximate surface area is 57.1 Å². The Morgan fingerprint density at radius 1 is 1.80 bits per heavy atom. The molecule has 0 heterocycles. The summed E-state index contributed by atoms with van der Waals surface area (Å²) < 4.78 is 3.72. The molecule has 0 aromatic rings. The van der Waals surface area contributed by atoms with Crippen LogP contribution in [0.2, 0.25) is 0 Å². The van der Waals surface area contributed by atoms with Crippen LogP contribution in [0.15, 0.2) is 0 Å². The summed E-state index contributed by atoms with van der Waals surface area (Å²) in [6, 6.07) is 0. The number of rotatable bonds is 1. The molecular weight excluding hydrogens is 144 g/mol. The Bertz CT molecular complexity index is 11.6. The predicted molar refractivity (Wildman–Crippen MR) is 14.4 cm³/mol. The fourth-order valence-corrected chi connectivity index (χ4v) is 0. The molecule has 2 radical (unpaired) electrons. The normalized spacial score (nSPS) is 5.20. The third-order valence-electron chi connectivity index (χ3n) is 0.0745. The third kappa shape index (κ3) is 11.1. The van der Waals surface area contributed by atoms with Gasteiger partial charge in [-0.15, -0.1) is 0 Å². The van der Waals surface area contributed by atoms with E-state index in [0.29, 0.717) is 7.69 Å². The van der Waals surface area contributed by atoms with E-state index in [4.69, 9.17) is 5.02 Å². The topological polar surface area (TPSA) is 29.5 Å². The van der Waals surface area contributed by atoms with Crippen LogP contribution in [0.5, 0.6) is 0 Å². The van der Waals surface area contributed by atoms with Gasteiger partial charge in [-0.1, -0.05) is 0 Å². The molecule has 26 valence electrons. The average Bonchev–Trinajstić information content (AvgIpc) is 1.37. The summed E-state index contributed by atoms with van der Waals surface area (Å²) >= 11 is 0. The fourth-order valence-electron chi connectivity index (χ4n) is 0. The first-order valence-corrected chi connectivity index (χ1v) is 0.783. The maximum absolute atomic E-state index is 7.47.